The summed E-state index contributed by atoms with van der Waals surface area (Å²) in [6, 6.07) is 2.00. The number of nitrogens with zero attached hydrogens (tertiary/aromatic N) is 4. The Morgan fingerprint density at radius 3 is 2.38 bits per heavy atom. The topological polar surface area (TPSA) is 52.5 Å². The van der Waals surface area contributed by atoms with Crippen LogP contribution >= 0.6 is 0 Å². The summed E-state index contributed by atoms with van der Waals surface area (Å²) in [6.07, 6.45) is 14.8. The van der Waals surface area contributed by atoms with Crippen LogP contribution in [0.15, 0.2) is 0 Å². The monoisotopic (exact) mass is 362 g/mol. The number of rotatable bonds is 7. The Balaban J connectivity index is 1.44. The average Bonchev–Trinajstić information content (AvgIpc) is 3.43. The molecule has 3 aliphatic rings. The van der Waals surface area contributed by atoms with Crippen LogP contribution in [0.3, 0.4) is 0 Å². The summed E-state index contributed by atoms with van der Waals surface area (Å²) in [6.45, 7) is 7.56. The van der Waals surface area contributed by atoms with Crippen molar-refractivity contribution in [2.45, 2.75) is 95.7 Å². The van der Waals surface area contributed by atoms with Crippen molar-refractivity contribution in [3.05, 3.63) is 5.82 Å². The first kappa shape index (κ1) is 18.4. The largest absolute Gasteiger partial charge is 0.323 e. The number of unbranched alkanes of at least 4 members (excludes halogenated alkanes) is 1. The van der Waals surface area contributed by atoms with E-state index in [0.29, 0.717) is 12.1 Å². The van der Waals surface area contributed by atoms with Crippen molar-refractivity contribution in [1.82, 2.24) is 20.2 Å². The fourth-order valence-corrected chi connectivity index (χ4v) is 5.75. The van der Waals surface area contributed by atoms with Gasteiger partial charge in [0.05, 0.1) is 12.1 Å². The van der Waals surface area contributed by atoms with Gasteiger partial charge in [-0.3, -0.25) is 0 Å². The number of hydrogen-bond acceptors (Lipinski definition) is 3. The first-order chi connectivity index (χ1) is 12.9. The highest BCUT2D eigenvalue weighted by atomic mass is 15.6. The Bertz CT molecular complexity index is 538. The summed E-state index contributed by atoms with van der Waals surface area (Å²) in [5.74, 6) is 1.18. The molecule has 0 unspecified atom stereocenters. The lowest BCUT2D eigenvalue weighted by Crippen LogP contribution is -3.29. The van der Waals surface area contributed by atoms with E-state index in [1.165, 1.54) is 103 Å². The molecule has 146 valence electrons. The van der Waals surface area contributed by atoms with E-state index in [0.717, 1.165) is 6.04 Å². The zero-order valence-corrected chi connectivity index (χ0v) is 16.6. The van der Waals surface area contributed by atoms with Crippen molar-refractivity contribution >= 4 is 0 Å². The second kappa shape index (κ2) is 8.79. The van der Waals surface area contributed by atoms with Crippen molar-refractivity contribution in [3.8, 4) is 0 Å². The second-order valence-electron chi connectivity index (χ2n) is 8.91. The lowest BCUT2D eigenvalue weighted by atomic mass is 10.0. The smallest absolute Gasteiger partial charge is 0.209 e. The van der Waals surface area contributed by atoms with Gasteiger partial charge in [0.25, 0.3) is 0 Å². The van der Waals surface area contributed by atoms with E-state index in [1.54, 1.807) is 4.90 Å². The van der Waals surface area contributed by atoms with Crippen molar-refractivity contribution in [2.75, 3.05) is 26.2 Å². The third-order valence-electron chi connectivity index (χ3n) is 7.31. The molecule has 1 aliphatic heterocycles. The number of piperazine rings is 1. The molecule has 3 fully saturated rings. The molecule has 1 saturated heterocycles. The molecule has 26 heavy (non-hydrogen) atoms. The highest BCUT2D eigenvalue weighted by molar-refractivity contribution is 4.91. The van der Waals surface area contributed by atoms with E-state index in [-0.39, 0.29) is 0 Å². The first-order valence-electron chi connectivity index (χ1n) is 11.3. The predicted octanol–water partition coefficient (Wildman–Crippen LogP) is 0.746. The minimum Gasteiger partial charge on any atom is -0.323 e. The van der Waals surface area contributed by atoms with Crippen LogP contribution in [0.4, 0.5) is 0 Å². The maximum Gasteiger partial charge on any atom is 0.209 e. The second-order valence-corrected chi connectivity index (χ2v) is 8.91. The summed E-state index contributed by atoms with van der Waals surface area (Å²) >= 11 is 0. The first-order valence-corrected chi connectivity index (χ1v) is 11.3. The molecule has 1 aromatic heterocycles. The van der Waals surface area contributed by atoms with Crippen LogP contribution in [0.1, 0.15) is 95.5 Å². The quantitative estimate of drug-likeness (QED) is 0.752. The highest BCUT2D eigenvalue weighted by Gasteiger charge is 2.37. The van der Waals surface area contributed by atoms with Gasteiger partial charge in [-0.15, -0.1) is 5.10 Å². The minimum atomic E-state index is 0.496. The SMILES string of the molecule is CCCC[C@@H](c1nnnn1C1CCCC1)[NH+]1CC[NH+](C2CCCC2)CC1. The van der Waals surface area contributed by atoms with Gasteiger partial charge in [-0.05, 0) is 55.4 Å². The van der Waals surface area contributed by atoms with Crippen LogP contribution in [-0.4, -0.2) is 52.4 Å². The maximum atomic E-state index is 4.56. The van der Waals surface area contributed by atoms with Crippen molar-refractivity contribution in [3.63, 3.8) is 0 Å². The van der Waals surface area contributed by atoms with Crippen molar-refractivity contribution in [1.29, 1.82) is 0 Å². The molecule has 2 aliphatic carbocycles. The van der Waals surface area contributed by atoms with Crippen LogP contribution < -0.4 is 9.80 Å². The van der Waals surface area contributed by atoms with Gasteiger partial charge >= 0.3 is 0 Å². The Morgan fingerprint density at radius 2 is 1.69 bits per heavy atom. The van der Waals surface area contributed by atoms with Gasteiger partial charge < -0.3 is 9.80 Å². The van der Waals surface area contributed by atoms with Gasteiger partial charge in [0.15, 0.2) is 0 Å². The molecule has 0 spiro atoms. The lowest BCUT2D eigenvalue weighted by Gasteiger charge is -2.36. The van der Waals surface area contributed by atoms with Crippen LogP contribution in [-0.2, 0) is 0 Å². The normalized spacial score (nSPS) is 29.4. The molecule has 6 nitrogen and oxygen atoms in total. The lowest BCUT2D eigenvalue weighted by molar-refractivity contribution is -1.04. The molecular formula is C20H38N6+2. The highest BCUT2D eigenvalue weighted by Crippen LogP contribution is 2.30. The molecule has 2 saturated carbocycles. The molecule has 0 amide bonds. The zero-order chi connectivity index (χ0) is 17.8. The molecule has 2 heterocycles. The third-order valence-corrected chi connectivity index (χ3v) is 7.31. The van der Waals surface area contributed by atoms with Crippen LogP contribution in [0.2, 0.25) is 0 Å². The van der Waals surface area contributed by atoms with E-state index >= 15 is 0 Å². The molecule has 0 radical (unpaired) electrons. The molecule has 1 aromatic rings. The summed E-state index contributed by atoms with van der Waals surface area (Å²) in [5, 5.41) is 13.1. The maximum absolute atomic E-state index is 4.56. The van der Waals surface area contributed by atoms with Crippen LogP contribution in [0, 0.1) is 0 Å². The van der Waals surface area contributed by atoms with Gasteiger partial charge in [0, 0.05) is 6.42 Å². The molecule has 2 N–H and O–H groups in total. The summed E-state index contributed by atoms with van der Waals surface area (Å²) < 4.78 is 2.22. The molecule has 4 rings (SSSR count). The number of tetrazole rings is 1. The number of hydrogen-bond donors (Lipinski definition) is 2. The third kappa shape index (κ3) is 3.96. The van der Waals surface area contributed by atoms with Gasteiger partial charge in [0.1, 0.15) is 32.2 Å². The predicted molar refractivity (Wildman–Crippen MR) is 101 cm³/mol. The Kier molecular flexibility index (Phi) is 6.20. The minimum absolute atomic E-state index is 0.496. The Hall–Kier alpha value is -1.01. The Morgan fingerprint density at radius 1 is 1.00 bits per heavy atom. The van der Waals surface area contributed by atoms with E-state index < -0.39 is 0 Å². The van der Waals surface area contributed by atoms with E-state index in [1.807, 2.05) is 4.90 Å². The van der Waals surface area contributed by atoms with E-state index in [2.05, 4.69) is 27.1 Å². The molecular weight excluding hydrogens is 324 g/mol. The van der Waals surface area contributed by atoms with Crippen molar-refractivity contribution in [2.24, 2.45) is 0 Å². The Labute approximate surface area is 158 Å². The molecule has 1 atom stereocenters. The van der Waals surface area contributed by atoms with Crippen LogP contribution in [0.5, 0.6) is 0 Å². The van der Waals surface area contributed by atoms with Gasteiger partial charge in [0.2, 0.25) is 5.82 Å². The van der Waals surface area contributed by atoms with Crippen LogP contribution in [0.25, 0.3) is 0 Å². The summed E-state index contributed by atoms with van der Waals surface area (Å²) in [5.41, 5.74) is 0. The average molecular weight is 363 g/mol. The molecule has 0 aromatic carbocycles. The fraction of sp³-hybridized carbons (Fsp3) is 0.950. The number of quaternary nitrogens is 2. The van der Waals surface area contributed by atoms with Gasteiger partial charge in [-0.25, -0.2) is 4.68 Å². The summed E-state index contributed by atoms with van der Waals surface area (Å²) in [7, 11) is 0. The summed E-state index contributed by atoms with van der Waals surface area (Å²) in [4.78, 5) is 3.63. The van der Waals surface area contributed by atoms with Gasteiger partial charge in [-0.1, -0.05) is 26.2 Å². The van der Waals surface area contributed by atoms with E-state index in [9.17, 15) is 0 Å². The zero-order valence-electron chi connectivity index (χ0n) is 16.6. The van der Waals surface area contributed by atoms with Crippen molar-refractivity contribution < 1.29 is 9.80 Å². The molecule has 0 bridgehead atoms. The van der Waals surface area contributed by atoms with Gasteiger partial charge in [-0.2, -0.15) is 0 Å². The van der Waals surface area contributed by atoms with E-state index in [4.69, 9.17) is 0 Å². The fourth-order valence-electron chi connectivity index (χ4n) is 5.75. The standard InChI is InChI=1S/C20H36N6/c1-2-3-12-19(20-21-22-23-26(20)18-10-6-7-11-18)25-15-13-24(14-16-25)17-8-4-5-9-17/h17-19H,2-16H2,1H3/p+2/t19-/m0/s1. The number of nitrogens with one attached hydrogen (secondary N) is 2. The number of aromatic nitrogens is 4. The molecule has 6 heteroatoms.